The van der Waals surface area contributed by atoms with Crippen LogP contribution in [0, 0.1) is 13.8 Å². The van der Waals surface area contributed by atoms with Crippen molar-refractivity contribution in [3.05, 3.63) is 28.8 Å². The van der Waals surface area contributed by atoms with Crippen LogP contribution >= 0.6 is 0 Å². The van der Waals surface area contributed by atoms with E-state index in [0.717, 1.165) is 16.8 Å². The maximum Gasteiger partial charge on any atom is 0.231 e. The molecule has 1 heterocycles. The monoisotopic (exact) mass is 175 g/mol. The van der Waals surface area contributed by atoms with E-state index in [-0.39, 0.29) is 11.8 Å². The summed E-state index contributed by atoms with van der Waals surface area (Å²) in [6, 6.07) is 4.18. The van der Waals surface area contributed by atoms with Crippen LogP contribution in [0.2, 0.25) is 0 Å². The maximum absolute atomic E-state index is 11.4. The van der Waals surface area contributed by atoms with E-state index in [9.17, 15) is 4.79 Å². The molecule has 1 aliphatic rings. The molecular formula is C11H13NO. The summed E-state index contributed by atoms with van der Waals surface area (Å²) in [5.74, 6) is 0.122. The number of amides is 1. The van der Waals surface area contributed by atoms with Gasteiger partial charge in [0.1, 0.15) is 0 Å². The molecule has 1 unspecified atom stereocenters. The highest BCUT2D eigenvalue weighted by molar-refractivity contribution is 6.03. The molecule has 0 saturated carbocycles. The largest absolute Gasteiger partial charge is 0.325 e. The van der Waals surface area contributed by atoms with Gasteiger partial charge < -0.3 is 5.32 Å². The molecule has 2 nitrogen and oxygen atoms in total. The Morgan fingerprint density at radius 1 is 1.31 bits per heavy atom. The number of carbonyl (C=O) groups is 1. The summed E-state index contributed by atoms with van der Waals surface area (Å²) in [6.45, 7) is 6.03. The zero-order valence-electron chi connectivity index (χ0n) is 8.14. The van der Waals surface area contributed by atoms with E-state index >= 15 is 0 Å². The molecule has 1 N–H and O–H groups in total. The van der Waals surface area contributed by atoms with Gasteiger partial charge in [-0.15, -0.1) is 0 Å². The highest BCUT2D eigenvalue weighted by atomic mass is 16.2. The summed E-state index contributed by atoms with van der Waals surface area (Å²) < 4.78 is 0. The highest BCUT2D eigenvalue weighted by Crippen LogP contribution is 2.35. The van der Waals surface area contributed by atoms with Gasteiger partial charge in [-0.2, -0.15) is 0 Å². The molecule has 13 heavy (non-hydrogen) atoms. The minimum atomic E-state index is 0.00796. The summed E-state index contributed by atoms with van der Waals surface area (Å²) >= 11 is 0. The van der Waals surface area contributed by atoms with Crippen LogP contribution in [0.15, 0.2) is 12.1 Å². The van der Waals surface area contributed by atoms with Crippen molar-refractivity contribution in [2.24, 2.45) is 0 Å². The molecule has 1 amide bonds. The molecule has 0 saturated heterocycles. The summed E-state index contributed by atoms with van der Waals surface area (Å²) in [6.07, 6.45) is 0. The van der Waals surface area contributed by atoms with Crippen molar-refractivity contribution in [1.82, 2.24) is 0 Å². The number of rotatable bonds is 0. The van der Waals surface area contributed by atoms with Gasteiger partial charge in [0.25, 0.3) is 0 Å². The second-order valence-electron chi connectivity index (χ2n) is 3.76. The van der Waals surface area contributed by atoms with Crippen molar-refractivity contribution in [3.8, 4) is 0 Å². The Labute approximate surface area is 78.0 Å². The van der Waals surface area contributed by atoms with E-state index in [0.29, 0.717) is 0 Å². The van der Waals surface area contributed by atoms with Gasteiger partial charge in [-0.3, -0.25) is 4.79 Å². The van der Waals surface area contributed by atoms with E-state index in [1.807, 2.05) is 13.8 Å². The van der Waals surface area contributed by atoms with Gasteiger partial charge in [0, 0.05) is 5.69 Å². The van der Waals surface area contributed by atoms with Crippen LogP contribution in [-0.2, 0) is 4.79 Å². The molecule has 1 atom stereocenters. The molecule has 0 bridgehead atoms. The van der Waals surface area contributed by atoms with Crippen LogP contribution in [0.5, 0.6) is 0 Å². The molecular weight excluding hydrogens is 162 g/mol. The lowest BCUT2D eigenvalue weighted by Gasteiger charge is -2.05. The maximum atomic E-state index is 11.4. The van der Waals surface area contributed by atoms with E-state index in [2.05, 4.69) is 24.4 Å². The Kier molecular flexibility index (Phi) is 1.65. The number of hydrogen-bond acceptors (Lipinski definition) is 1. The molecule has 0 radical (unpaired) electrons. The second-order valence-corrected chi connectivity index (χ2v) is 3.76. The van der Waals surface area contributed by atoms with Gasteiger partial charge in [-0.25, -0.2) is 0 Å². The number of anilines is 1. The topological polar surface area (TPSA) is 29.1 Å². The zero-order chi connectivity index (χ0) is 9.59. The number of benzene rings is 1. The summed E-state index contributed by atoms with van der Waals surface area (Å²) in [4.78, 5) is 11.4. The SMILES string of the molecule is Cc1cc(C)c2c(c1)C(C)C(=O)N2. The van der Waals surface area contributed by atoms with Crippen LogP contribution in [0.4, 0.5) is 5.69 Å². The third-order valence-corrected chi connectivity index (χ3v) is 2.62. The molecule has 0 spiro atoms. The summed E-state index contributed by atoms with van der Waals surface area (Å²) in [5.41, 5.74) is 4.54. The Balaban J connectivity index is 2.63. The first-order chi connectivity index (χ1) is 6.09. The average Bonchev–Trinajstić information content (AvgIpc) is 2.32. The Bertz CT molecular complexity index is 382. The molecule has 0 fully saturated rings. The summed E-state index contributed by atoms with van der Waals surface area (Å²) in [7, 11) is 0. The van der Waals surface area contributed by atoms with Crippen molar-refractivity contribution in [2.75, 3.05) is 5.32 Å². The minimum absolute atomic E-state index is 0.00796. The normalized spacial score (nSPS) is 19.9. The van der Waals surface area contributed by atoms with Crippen LogP contribution in [0.1, 0.15) is 29.5 Å². The number of fused-ring (bicyclic) bond motifs is 1. The fourth-order valence-electron chi connectivity index (χ4n) is 1.89. The molecule has 1 aromatic rings. The Morgan fingerprint density at radius 3 is 2.69 bits per heavy atom. The van der Waals surface area contributed by atoms with Crippen molar-refractivity contribution < 1.29 is 4.79 Å². The van der Waals surface area contributed by atoms with Crippen LogP contribution in [0.3, 0.4) is 0 Å². The number of carbonyl (C=O) groups excluding carboxylic acids is 1. The fourth-order valence-corrected chi connectivity index (χ4v) is 1.89. The zero-order valence-corrected chi connectivity index (χ0v) is 8.14. The predicted octanol–water partition coefficient (Wildman–Crippen LogP) is 2.36. The standard InChI is InChI=1S/C11H13NO/c1-6-4-7(2)10-9(5-6)8(3)11(13)12-10/h4-5,8H,1-3H3,(H,12,13). The van der Waals surface area contributed by atoms with Crippen LogP contribution in [-0.4, -0.2) is 5.91 Å². The molecule has 2 rings (SSSR count). The van der Waals surface area contributed by atoms with Crippen molar-refractivity contribution in [3.63, 3.8) is 0 Å². The first-order valence-electron chi connectivity index (χ1n) is 4.51. The van der Waals surface area contributed by atoms with Crippen LogP contribution < -0.4 is 5.32 Å². The molecule has 1 aliphatic heterocycles. The van der Waals surface area contributed by atoms with Crippen LogP contribution in [0.25, 0.3) is 0 Å². The first-order valence-corrected chi connectivity index (χ1v) is 4.51. The van der Waals surface area contributed by atoms with Crippen molar-refractivity contribution >= 4 is 11.6 Å². The van der Waals surface area contributed by atoms with Gasteiger partial charge in [-0.1, -0.05) is 17.7 Å². The quantitative estimate of drug-likeness (QED) is 0.644. The van der Waals surface area contributed by atoms with Crippen molar-refractivity contribution in [2.45, 2.75) is 26.7 Å². The third-order valence-electron chi connectivity index (χ3n) is 2.62. The Morgan fingerprint density at radius 2 is 2.00 bits per heavy atom. The Hall–Kier alpha value is -1.31. The van der Waals surface area contributed by atoms with E-state index in [1.54, 1.807) is 0 Å². The molecule has 2 heteroatoms. The smallest absolute Gasteiger partial charge is 0.231 e. The second kappa shape index (κ2) is 2.59. The number of nitrogens with one attached hydrogen (secondary N) is 1. The van der Waals surface area contributed by atoms with Gasteiger partial charge in [-0.05, 0) is 31.9 Å². The highest BCUT2D eigenvalue weighted by Gasteiger charge is 2.27. The van der Waals surface area contributed by atoms with Gasteiger partial charge in [0.2, 0.25) is 5.91 Å². The average molecular weight is 175 g/mol. The fraction of sp³-hybridized carbons (Fsp3) is 0.364. The van der Waals surface area contributed by atoms with E-state index < -0.39 is 0 Å². The first kappa shape index (κ1) is 8.30. The summed E-state index contributed by atoms with van der Waals surface area (Å²) in [5, 5.41) is 2.90. The lowest BCUT2D eigenvalue weighted by Crippen LogP contribution is -2.08. The van der Waals surface area contributed by atoms with E-state index in [4.69, 9.17) is 0 Å². The number of aryl methyl sites for hydroxylation is 2. The predicted molar refractivity (Wildman–Crippen MR) is 53.0 cm³/mol. The number of hydrogen-bond donors (Lipinski definition) is 1. The lowest BCUT2D eigenvalue weighted by atomic mass is 9.98. The minimum Gasteiger partial charge on any atom is -0.325 e. The van der Waals surface area contributed by atoms with Crippen molar-refractivity contribution in [1.29, 1.82) is 0 Å². The molecule has 68 valence electrons. The molecule has 0 aromatic heterocycles. The van der Waals surface area contributed by atoms with E-state index in [1.165, 1.54) is 5.56 Å². The molecule has 0 aliphatic carbocycles. The lowest BCUT2D eigenvalue weighted by molar-refractivity contribution is -0.116. The molecule has 1 aromatic carbocycles. The van der Waals surface area contributed by atoms with Gasteiger partial charge in [0.15, 0.2) is 0 Å². The van der Waals surface area contributed by atoms with Gasteiger partial charge >= 0.3 is 0 Å². The third kappa shape index (κ3) is 1.13. The van der Waals surface area contributed by atoms with Gasteiger partial charge in [0.05, 0.1) is 5.92 Å².